The van der Waals surface area contributed by atoms with E-state index >= 15 is 0 Å². The number of rotatable bonds is 8. The molecule has 0 aliphatic carbocycles. The first-order valence-electron chi connectivity index (χ1n) is 10.3. The van der Waals surface area contributed by atoms with Gasteiger partial charge < -0.3 is 21.1 Å². The number of carbonyl (C=O) groups is 3. The maximum atomic E-state index is 12.8. The van der Waals surface area contributed by atoms with Crippen LogP contribution in [0.5, 0.6) is 0 Å². The number of aromatic amines is 1. The minimum absolute atomic E-state index is 0.197. The van der Waals surface area contributed by atoms with Gasteiger partial charge in [0.25, 0.3) is 11.8 Å². The zero-order chi connectivity index (χ0) is 24.5. The molecule has 4 aromatic rings. The first-order chi connectivity index (χ1) is 16.6. The number of benzene rings is 1. The minimum atomic E-state index is -0.382. The summed E-state index contributed by atoms with van der Waals surface area (Å²) in [5, 5.41) is 15.1. The number of aliphatic hydroxyl groups is 1. The Kier molecular flexibility index (Phi) is 8.57. The third kappa shape index (κ3) is 5.70. The fraction of sp³-hybridized carbons (Fsp3) is 0.174. The van der Waals surface area contributed by atoms with E-state index in [2.05, 4.69) is 25.6 Å². The molecule has 4 rings (SSSR count). The van der Waals surface area contributed by atoms with Crippen molar-refractivity contribution in [3.63, 3.8) is 0 Å². The van der Waals surface area contributed by atoms with Crippen molar-refractivity contribution in [2.24, 2.45) is 5.73 Å². The second-order valence-corrected chi connectivity index (χ2v) is 7.83. The van der Waals surface area contributed by atoms with Crippen LogP contribution in [0.15, 0.2) is 48.1 Å². The smallest absolute Gasteiger partial charge is 0.275 e. The quantitative estimate of drug-likeness (QED) is 0.242. The molecule has 0 aliphatic heterocycles. The van der Waals surface area contributed by atoms with Gasteiger partial charge in [0.05, 0.1) is 5.69 Å². The van der Waals surface area contributed by atoms with Crippen molar-refractivity contribution in [1.29, 1.82) is 0 Å². The van der Waals surface area contributed by atoms with Gasteiger partial charge in [-0.05, 0) is 55.3 Å². The van der Waals surface area contributed by atoms with Crippen LogP contribution < -0.4 is 16.4 Å². The van der Waals surface area contributed by atoms with Gasteiger partial charge in [-0.3, -0.25) is 24.7 Å². The molecular weight excluding hydrogens is 456 g/mol. The van der Waals surface area contributed by atoms with Crippen molar-refractivity contribution in [1.82, 2.24) is 15.0 Å². The lowest BCUT2D eigenvalue weighted by molar-refractivity contribution is 0.101. The first kappa shape index (κ1) is 24.7. The molecular formula is C23H24N6O4S. The molecule has 6 N–H and O–H groups in total. The number of amides is 2. The summed E-state index contributed by atoms with van der Waals surface area (Å²) in [6.45, 7) is 0.506. The topological polar surface area (TPSA) is 163 Å². The number of aryl methyl sites for hydroxylation is 1. The van der Waals surface area contributed by atoms with Crippen molar-refractivity contribution in [2.45, 2.75) is 12.8 Å². The van der Waals surface area contributed by atoms with Crippen LogP contribution in [0.25, 0.3) is 10.9 Å². The van der Waals surface area contributed by atoms with Gasteiger partial charge in [-0.25, -0.2) is 4.98 Å². The number of H-pyrrole nitrogens is 1. The van der Waals surface area contributed by atoms with E-state index in [-0.39, 0.29) is 17.5 Å². The van der Waals surface area contributed by atoms with Crippen LogP contribution in [0, 0.1) is 0 Å². The van der Waals surface area contributed by atoms with Crippen LogP contribution in [-0.2, 0) is 6.42 Å². The van der Waals surface area contributed by atoms with E-state index < -0.39 is 0 Å². The van der Waals surface area contributed by atoms with E-state index in [0.717, 1.165) is 47.6 Å². The second-order valence-electron chi connectivity index (χ2n) is 6.97. The van der Waals surface area contributed by atoms with Crippen molar-refractivity contribution in [2.75, 3.05) is 24.3 Å². The fourth-order valence-electron chi connectivity index (χ4n) is 3.29. The molecule has 0 saturated carbocycles. The van der Waals surface area contributed by atoms with Gasteiger partial charge in [0.15, 0.2) is 11.4 Å². The van der Waals surface area contributed by atoms with Gasteiger partial charge in [-0.2, -0.15) is 0 Å². The molecule has 0 spiro atoms. The van der Waals surface area contributed by atoms with Gasteiger partial charge in [-0.1, -0.05) is 0 Å². The number of fused-ring (bicyclic) bond motifs is 1. The Morgan fingerprint density at radius 1 is 1.15 bits per heavy atom. The Hall–Kier alpha value is -3.93. The molecule has 10 nitrogen and oxygen atoms in total. The summed E-state index contributed by atoms with van der Waals surface area (Å²) in [4.78, 5) is 47.7. The van der Waals surface area contributed by atoms with Crippen LogP contribution in [0.4, 0.5) is 10.8 Å². The molecule has 0 bridgehead atoms. The Balaban J connectivity index is 0.00000158. The highest BCUT2D eigenvalue weighted by Crippen LogP contribution is 2.25. The molecule has 0 saturated heterocycles. The average molecular weight is 481 g/mol. The van der Waals surface area contributed by atoms with Crippen molar-refractivity contribution < 1.29 is 19.5 Å². The van der Waals surface area contributed by atoms with Crippen LogP contribution in [0.2, 0.25) is 0 Å². The van der Waals surface area contributed by atoms with Gasteiger partial charge in [-0.15, -0.1) is 11.3 Å². The molecule has 2 amide bonds. The van der Waals surface area contributed by atoms with Gasteiger partial charge >= 0.3 is 0 Å². The molecule has 0 unspecified atom stereocenters. The number of thiazole rings is 1. The molecule has 3 aromatic heterocycles. The largest absolute Gasteiger partial charge is 0.400 e. The van der Waals surface area contributed by atoms with Crippen LogP contribution in [0.3, 0.4) is 0 Å². The number of carbonyl (C=O) groups excluding carboxylic acids is 3. The highest BCUT2D eigenvalue weighted by molar-refractivity contribution is 7.14. The number of hydrogen-bond acceptors (Lipinski definition) is 8. The molecule has 0 aliphatic rings. The summed E-state index contributed by atoms with van der Waals surface area (Å²) >= 11 is 1.15. The number of aldehydes is 1. The summed E-state index contributed by atoms with van der Waals surface area (Å²) in [5.74, 6) is -0.742. The Morgan fingerprint density at radius 2 is 1.91 bits per heavy atom. The van der Waals surface area contributed by atoms with Gasteiger partial charge in [0.1, 0.15) is 5.69 Å². The fourth-order valence-corrected chi connectivity index (χ4v) is 3.98. The van der Waals surface area contributed by atoms with Crippen molar-refractivity contribution >= 4 is 51.2 Å². The van der Waals surface area contributed by atoms with Crippen LogP contribution in [0.1, 0.15) is 43.3 Å². The first-order valence-corrected chi connectivity index (χ1v) is 11.2. The number of pyridine rings is 1. The lowest BCUT2D eigenvalue weighted by Gasteiger charge is -2.04. The molecule has 11 heteroatoms. The van der Waals surface area contributed by atoms with Crippen LogP contribution in [-0.4, -0.2) is 51.8 Å². The lowest BCUT2D eigenvalue weighted by atomic mass is 10.0. The lowest BCUT2D eigenvalue weighted by Crippen LogP contribution is -2.14. The molecule has 176 valence electrons. The van der Waals surface area contributed by atoms with E-state index in [9.17, 15) is 14.4 Å². The van der Waals surface area contributed by atoms with Crippen LogP contribution >= 0.6 is 11.3 Å². The number of nitrogens with zero attached hydrogens (tertiary/aromatic N) is 2. The normalized spacial score (nSPS) is 10.3. The van der Waals surface area contributed by atoms with E-state index in [4.69, 9.17) is 10.8 Å². The zero-order valence-corrected chi connectivity index (χ0v) is 19.2. The number of anilines is 2. The summed E-state index contributed by atoms with van der Waals surface area (Å²) in [5.41, 5.74) is 8.95. The Bertz CT molecular complexity index is 1290. The predicted molar refractivity (Wildman–Crippen MR) is 131 cm³/mol. The highest BCUT2D eigenvalue weighted by atomic mass is 32.1. The van der Waals surface area contributed by atoms with E-state index in [1.54, 1.807) is 48.1 Å². The third-order valence-corrected chi connectivity index (χ3v) is 5.60. The monoisotopic (exact) mass is 480 g/mol. The maximum absolute atomic E-state index is 12.8. The summed E-state index contributed by atoms with van der Waals surface area (Å²) < 4.78 is 0. The Morgan fingerprint density at radius 3 is 2.62 bits per heavy atom. The zero-order valence-electron chi connectivity index (χ0n) is 18.4. The SMILES string of the molecule is CO.NCCCc1c(C=O)[nH]c2ccc(C(=O)Nc3nc(C(=O)Nc4ccncc4)cs3)cc12. The number of aromatic nitrogens is 3. The maximum Gasteiger partial charge on any atom is 0.275 e. The van der Waals surface area contributed by atoms with Gasteiger partial charge in [0.2, 0.25) is 0 Å². The molecule has 3 heterocycles. The highest BCUT2D eigenvalue weighted by Gasteiger charge is 2.16. The summed E-state index contributed by atoms with van der Waals surface area (Å²) in [6, 6.07) is 8.51. The summed E-state index contributed by atoms with van der Waals surface area (Å²) in [6.07, 6.45) is 5.29. The second kappa shape index (κ2) is 11.8. The minimum Gasteiger partial charge on any atom is -0.400 e. The molecule has 0 radical (unpaired) electrons. The summed E-state index contributed by atoms with van der Waals surface area (Å²) in [7, 11) is 1.00. The number of nitrogens with two attached hydrogens (primary N) is 1. The molecule has 34 heavy (non-hydrogen) atoms. The van der Waals surface area contributed by atoms with Crippen molar-refractivity contribution in [3.05, 3.63) is 70.6 Å². The molecule has 0 atom stereocenters. The molecule has 1 aromatic carbocycles. The Labute approximate surface area is 199 Å². The predicted octanol–water partition coefficient (Wildman–Crippen LogP) is 2.84. The number of nitrogens with one attached hydrogen (secondary N) is 3. The average Bonchev–Trinajstić information content (AvgIpc) is 3.48. The van der Waals surface area contributed by atoms with E-state index in [0.29, 0.717) is 35.0 Å². The number of hydrogen-bond donors (Lipinski definition) is 5. The van der Waals surface area contributed by atoms with Crippen molar-refractivity contribution in [3.8, 4) is 0 Å². The van der Waals surface area contributed by atoms with Gasteiger partial charge in [0, 0.05) is 47.0 Å². The third-order valence-electron chi connectivity index (χ3n) is 4.85. The number of aliphatic hydroxyl groups excluding tert-OH is 1. The molecule has 0 fully saturated rings. The standard InChI is InChI=1S/C22H20N6O3S.CH4O/c23-7-1-2-15-16-10-13(3-4-17(16)26-18(15)11-29)20(30)28-22-27-19(12-32-22)21(31)25-14-5-8-24-9-6-14;1-2/h3-6,8-12,26H,1-2,7,23H2,(H,24,25,31)(H,27,28,30);2H,1H3. The van der Waals surface area contributed by atoms with E-state index in [1.165, 1.54) is 0 Å². The van der Waals surface area contributed by atoms with E-state index in [1.807, 2.05) is 0 Å².